The van der Waals surface area contributed by atoms with Crippen LogP contribution in [0.1, 0.15) is 38.0 Å². The molecule has 0 bridgehead atoms. The number of hydrogen-bond donors (Lipinski definition) is 1. The zero-order valence-electron chi connectivity index (χ0n) is 19.5. The third-order valence-corrected chi connectivity index (χ3v) is 7.24. The molecule has 1 aliphatic heterocycles. The van der Waals surface area contributed by atoms with Gasteiger partial charge in [0.1, 0.15) is 16.5 Å². The van der Waals surface area contributed by atoms with E-state index < -0.39 is 0 Å². The largest absolute Gasteiger partial charge is 0.497 e. The zero-order chi connectivity index (χ0) is 23.4. The second kappa shape index (κ2) is 10.4. The Kier molecular flexibility index (Phi) is 7.33. The summed E-state index contributed by atoms with van der Waals surface area (Å²) in [5.74, 6) is 1.41. The fourth-order valence-corrected chi connectivity index (χ4v) is 5.28. The Morgan fingerprint density at radius 3 is 2.39 bits per heavy atom. The van der Waals surface area contributed by atoms with Crippen LogP contribution in [0.4, 0.5) is 5.00 Å². The number of amides is 1. The number of rotatable bonds is 7. The van der Waals surface area contributed by atoms with Crippen molar-refractivity contribution in [1.82, 2.24) is 4.90 Å². The fraction of sp³-hybridized carbons (Fsp3) is 0.346. The molecule has 0 spiro atoms. The van der Waals surface area contributed by atoms with Crippen LogP contribution in [0, 0.1) is 13.8 Å². The second-order valence-corrected chi connectivity index (χ2v) is 9.26. The molecule has 1 aromatic heterocycles. The number of hydrogen-bond acceptors (Lipinski definition) is 6. The maximum absolute atomic E-state index is 13.1. The Bertz CT molecular complexity index is 1100. The quantitative estimate of drug-likeness (QED) is 0.528. The standard InChI is InChI=1S/C26H30N2O4S/c1-17-18(2)33-26(27-25(29)19-8-10-21(30-3)11-9-19)23(17)24(28-12-14-32-15-13-28)20-6-5-7-22(16-20)31-4/h5-11,16,24H,12-15H2,1-4H3,(H,27,29)/t24-/m1/s1. The average Bonchev–Trinajstić information content (AvgIpc) is 3.13. The maximum Gasteiger partial charge on any atom is 0.256 e. The third kappa shape index (κ3) is 5.05. The number of carbonyl (C=O) groups excluding carboxylic acids is 1. The number of aryl methyl sites for hydroxylation is 1. The predicted molar refractivity (Wildman–Crippen MR) is 132 cm³/mol. The van der Waals surface area contributed by atoms with Crippen molar-refractivity contribution >= 4 is 22.2 Å². The highest BCUT2D eigenvalue weighted by Gasteiger charge is 2.30. The van der Waals surface area contributed by atoms with Gasteiger partial charge < -0.3 is 19.5 Å². The molecule has 4 rings (SSSR count). The van der Waals surface area contributed by atoms with Gasteiger partial charge in [-0.1, -0.05) is 12.1 Å². The van der Waals surface area contributed by atoms with Crippen molar-refractivity contribution in [2.75, 3.05) is 45.8 Å². The smallest absolute Gasteiger partial charge is 0.256 e. The lowest BCUT2D eigenvalue weighted by Crippen LogP contribution is -2.40. The number of ether oxygens (including phenoxy) is 3. The van der Waals surface area contributed by atoms with Gasteiger partial charge >= 0.3 is 0 Å². The fourth-order valence-electron chi connectivity index (χ4n) is 4.19. The Hall–Kier alpha value is -2.87. The highest BCUT2D eigenvalue weighted by atomic mass is 32.1. The van der Waals surface area contributed by atoms with Crippen LogP contribution in [0.15, 0.2) is 48.5 Å². The lowest BCUT2D eigenvalue weighted by molar-refractivity contribution is 0.0240. The summed E-state index contributed by atoms with van der Waals surface area (Å²) >= 11 is 1.62. The topological polar surface area (TPSA) is 60.0 Å². The number of benzene rings is 2. The van der Waals surface area contributed by atoms with Crippen molar-refractivity contribution in [2.45, 2.75) is 19.9 Å². The van der Waals surface area contributed by atoms with Crippen molar-refractivity contribution in [3.8, 4) is 11.5 Å². The number of anilines is 1. The Morgan fingerprint density at radius 1 is 1.03 bits per heavy atom. The van der Waals surface area contributed by atoms with E-state index in [0.29, 0.717) is 18.8 Å². The molecule has 1 fully saturated rings. The average molecular weight is 467 g/mol. The third-order valence-electron chi connectivity index (χ3n) is 6.10. The molecule has 1 aliphatic rings. The molecule has 3 aromatic rings. The molecular weight excluding hydrogens is 436 g/mol. The summed E-state index contributed by atoms with van der Waals surface area (Å²) in [6, 6.07) is 15.3. The van der Waals surface area contributed by atoms with Crippen molar-refractivity contribution < 1.29 is 19.0 Å². The first kappa shape index (κ1) is 23.3. The molecule has 0 unspecified atom stereocenters. The van der Waals surface area contributed by atoms with Crippen LogP contribution in [0.3, 0.4) is 0 Å². The van der Waals surface area contributed by atoms with E-state index >= 15 is 0 Å². The first-order chi connectivity index (χ1) is 16.0. The van der Waals surface area contributed by atoms with Crippen LogP contribution in [0.5, 0.6) is 11.5 Å². The number of carbonyl (C=O) groups is 1. The molecule has 6 nitrogen and oxygen atoms in total. The minimum Gasteiger partial charge on any atom is -0.497 e. The zero-order valence-corrected chi connectivity index (χ0v) is 20.3. The second-order valence-electron chi connectivity index (χ2n) is 8.04. The van der Waals surface area contributed by atoms with Crippen LogP contribution >= 0.6 is 11.3 Å². The van der Waals surface area contributed by atoms with Crippen LogP contribution in [-0.2, 0) is 4.74 Å². The monoisotopic (exact) mass is 466 g/mol. The van der Waals surface area contributed by atoms with E-state index in [1.54, 1.807) is 49.8 Å². The van der Waals surface area contributed by atoms with Crippen LogP contribution < -0.4 is 14.8 Å². The highest BCUT2D eigenvalue weighted by molar-refractivity contribution is 7.16. The van der Waals surface area contributed by atoms with Gasteiger partial charge in [0.15, 0.2) is 0 Å². The van der Waals surface area contributed by atoms with Crippen molar-refractivity contribution in [3.63, 3.8) is 0 Å². The Morgan fingerprint density at radius 2 is 1.73 bits per heavy atom. The Labute approximate surface area is 199 Å². The van der Waals surface area contributed by atoms with E-state index in [9.17, 15) is 4.79 Å². The van der Waals surface area contributed by atoms with Crippen LogP contribution in [0.2, 0.25) is 0 Å². The van der Waals surface area contributed by atoms with Gasteiger partial charge in [0.05, 0.1) is 33.5 Å². The molecular formula is C26H30N2O4S. The van der Waals surface area contributed by atoms with E-state index in [1.807, 2.05) is 12.1 Å². The molecule has 0 saturated carbocycles. The van der Waals surface area contributed by atoms with Crippen molar-refractivity contribution in [2.24, 2.45) is 0 Å². The molecule has 174 valence electrons. The van der Waals surface area contributed by atoms with E-state index in [4.69, 9.17) is 14.2 Å². The summed E-state index contributed by atoms with van der Waals surface area (Å²) < 4.78 is 16.4. The minimum atomic E-state index is -0.133. The number of methoxy groups -OCH3 is 2. The number of morpholine rings is 1. The number of nitrogens with one attached hydrogen (secondary N) is 1. The maximum atomic E-state index is 13.1. The van der Waals surface area contributed by atoms with Crippen molar-refractivity contribution in [3.05, 3.63) is 75.7 Å². The molecule has 1 atom stereocenters. The summed E-state index contributed by atoms with van der Waals surface area (Å²) in [4.78, 5) is 16.7. The molecule has 7 heteroatoms. The molecule has 1 amide bonds. The first-order valence-electron chi connectivity index (χ1n) is 11.0. The van der Waals surface area contributed by atoms with Gasteiger partial charge in [-0.05, 0) is 61.4 Å². The van der Waals surface area contributed by atoms with E-state index in [2.05, 4.69) is 36.2 Å². The summed E-state index contributed by atoms with van der Waals surface area (Å²) in [5.41, 5.74) is 4.06. The minimum absolute atomic E-state index is 0.0138. The first-order valence-corrected chi connectivity index (χ1v) is 11.8. The molecule has 0 radical (unpaired) electrons. The lowest BCUT2D eigenvalue weighted by atomic mass is 9.94. The van der Waals surface area contributed by atoms with Gasteiger partial charge in [-0.3, -0.25) is 9.69 Å². The van der Waals surface area contributed by atoms with Crippen molar-refractivity contribution in [1.29, 1.82) is 0 Å². The molecule has 1 saturated heterocycles. The molecule has 33 heavy (non-hydrogen) atoms. The van der Waals surface area contributed by atoms with E-state index in [-0.39, 0.29) is 11.9 Å². The van der Waals surface area contributed by atoms with Crippen LogP contribution in [-0.4, -0.2) is 51.3 Å². The van der Waals surface area contributed by atoms with Crippen LogP contribution in [0.25, 0.3) is 0 Å². The number of thiophene rings is 1. The van der Waals surface area contributed by atoms with E-state index in [0.717, 1.165) is 40.7 Å². The summed E-state index contributed by atoms with van der Waals surface area (Å²) in [6.07, 6.45) is 0. The van der Waals surface area contributed by atoms with Gasteiger partial charge in [0, 0.05) is 29.1 Å². The summed E-state index contributed by atoms with van der Waals surface area (Å²) in [5, 5.41) is 4.07. The molecule has 2 heterocycles. The highest BCUT2D eigenvalue weighted by Crippen LogP contribution is 2.43. The lowest BCUT2D eigenvalue weighted by Gasteiger charge is -2.35. The van der Waals surface area contributed by atoms with Gasteiger partial charge in [-0.25, -0.2) is 0 Å². The predicted octanol–water partition coefficient (Wildman–Crippen LogP) is 5.06. The summed E-state index contributed by atoms with van der Waals surface area (Å²) in [7, 11) is 3.30. The normalized spacial score (nSPS) is 15.2. The summed E-state index contributed by atoms with van der Waals surface area (Å²) in [6.45, 7) is 7.27. The number of nitrogens with zero attached hydrogens (tertiary/aromatic N) is 1. The van der Waals surface area contributed by atoms with Gasteiger partial charge in [0.25, 0.3) is 5.91 Å². The van der Waals surface area contributed by atoms with Gasteiger partial charge in [-0.2, -0.15) is 0 Å². The van der Waals surface area contributed by atoms with Gasteiger partial charge in [0.2, 0.25) is 0 Å². The van der Waals surface area contributed by atoms with E-state index in [1.165, 1.54) is 10.4 Å². The molecule has 0 aliphatic carbocycles. The Balaban J connectivity index is 1.74. The van der Waals surface area contributed by atoms with Gasteiger partial charge in [-0.15, -0.1) is 11.3 Å². The molecule has 2 aromatic carbocycles. The SMILES string of the molecule is COc1ccc(C(=O)Nc2sc(C)c(C)c2[C@@H](c2cccc(OC)c2)N2CCOCC2)cc1. The molecule has 1 N–H and O–H groups in total.